The Hall–Kier alpha value is -4.44. The van der Waals surface area contributed by atoms with Gasteiger partial charge in [0, 0.05) is 37.5 Å². The van der Waals surface area contributed by atoms with E-state index in [4.69, 9.17) is 44.8 Å². The van der Waals surface area contributed by atoms with Gasteiger partial charge in [0.15, 0.2) is 0 Å². The number of carbonyl (C=O) groups is 4. The van der Waals surface area contributed by atoms with Gasteiger partial charge in [-0.05, 0) is 154 Å². The van der Waals surface area contributed by atoms with Crippen molar-refractivity contribution >= 4 is 23.9 Å². The molecule has 0 aliphatic rings. The van der Waals surface area contributed by atoms with Gasteiger partial charge in [-0.25, -0.2) is 0 Å². The second kappa shape index (κ2) is 90.6. The summed E-state index contributed by atoms with van der Waals surface area (Å²) in [5.74, 6) is -2.46. The lowest BCUT2D eigenvalue weighted by Crippen LogP contribution is -2.23. The first-order valence-electron chi connectivity index (χ1n) is 39.5. The number of rotatable bonds is 68. The van der Waals surface area contributed by atoms with Gasteiger partial charge in [-0.15, -0.1) is 0 Å². The van der Waals surface area contributed by atoms with Gasteiger partial charge in [-0.3, -0.25) is 19.2 Å². The molecule has 14 nitrogen and oxygen atoms in total. The molecular formula is C84H152O14. The third-order valence-corrected chi connectivity index (χ3v) is 16.3. The number of hydrogen-bond donors (Lipinski definition) is 7. The molecule has 0 atom stereocenters. The first-order chi connectivity index (χ1) is 48.0. The Morgan fingerprint density at radius 3 is 0.643 bits per heavy atom. The fourth-order valence-corrected chi connectivity index (χ4v) is 9.67. The molecule has 0 aromatic heterocycles. The lowest BCUT2D eigenvalue weighted by molar-refractivity contribution is -0.150. The molecule has 0 heterocycles. The molecule has 0 fully saturated rings. The Morgan fingerprint density at radius 1 is 0.245 bits per heavy atom. The van der Waals surface area contributed by atoms with Gasteiger partial charge in [0.2, 0.25) is 0 Å². The molecule has 572 valence electrons. The summed E-state index contributed by atoms with van der Waals surface area (Å²) in [5.41, 5.74) is 0. The number of aliphatic carboxylic acids is 1. The molecule has 7 N–H and O–H groups in total. The van der Waals surface area contributed by atoms with Crippen LogP contribution in [-0.2, 0) is 33.4 Å². The third kappa shape index (κ3) is 91.6. The van der Waals surface area contributed by atoms with Crippen LogP contribution in [-0.4, -0.2) is 119 Å². The molecule has 0 saturated carbocycles. The van der Waals surface area contributed by atoms with Crippen LogP contribution in [0.3, 0.4) is 0 Å². The Balaban J connectivity index is -0.000000699. The summed E-state index contributed by atoms with van der Waals surface area (Å²) >= 11 is 0. The van der Waals surface area contributed by atoms with E-state index in [1.165, 1.54) is 161 Å². The van der Waals surface area contributed by atoms with Crippen molar-refractivity contribution in [2.24, 2.45) is 17.8 Å². The van der Waals surface area contributed by atoms with E-state index in [-0.39, 0.29) is 95.1 Å². The minimum atomic E-state index is -0.671. The molecule has 0 aliphatic heterocycles. The van der Waals surface area contributed by atoms with Crippen LogP contribution in [0.4, 0.5) is 0 Å². The molecule has 0 spiro atoms. The molecule has 0 bridgehead atoms. The number of unbranched alkanes of at least 4 members (excludes halogenated alkanes) is 32. The zero-order chi connectivity index (χ0) is 72.8. The van der Waals surface area contributed by atoms with Crippen LogP contribution in [0, 0.1) is 17.8 Å². The van der Waals surface area contributed by atoms with Gasteiger partial charge < -0.3 is 50.0 Å². The van der Waals surface area contributed by atoms with E-state index >= 15 is 0 Å². The molecule has 0 unspecified atom stereocenters. The van der Waals surface area contributed by atoms with Gasteiger partial charge in [-0.1, -0.05) is 253 Å². The van der Waals surface area contributed by atoms with Gasteiger partial charge in [0.05, 0.1) is 65.4 Å². The topological polar surface area (TPSA) is 238 Å². The second-order valence-electron chi connectivity index (χ2n) is 26.1. The monoisotopic (exact) mass is 1390 g/mol. The zero-order valence-corrected chi connectivity index (χ0v) is 63.3. The number of carbonyl (C=O) groups excluding carboxylic acids is 3. The molecule has 0 aliphatic carbocycles. The fraction of sp³-hybridized carbons (Fsp3) is 0.762. The molecule has 14 heteroatoms. The quantitative estimate of drug-likeness (QED) is 0.0130. The summed E-state index contributed by atoms with van der Waals surface area (Å²) in [4.78, 5) is 46.0. The van der Waals surface area contributed by atoms with Crippen LogP contribution in [0.5, 0.6) is 0 Å². The summed E-state index contributed by atoms with van der Waals surface area (Å²) in [6.45, 7) is 8.29. The number of aliphatic hydroxyl groups excluding tert-OH is 6. The summed E-state index contributed by atoms with van der Waals surface area (Å²) in [6.07, 6.45) is 88.7. The molecule has 0 aromatic rings. The maximum Gasteiger partial charge on any atom is 0.305 e. The van der Waals surface area contributed by atoms with Crippen molar-refractivity contribution in [1.82, 2.24) is 0 Å². The van der Waals surface area contributed by atoms with Crippen molar-refractivity contribution in [2.75, 3.05) is 59.5 Å². The van der Waals surface area contributed by atoms with Crippen LogP contribution < -0.4 is 0 Å². The van der Waals surface area contributed by atoms with Gasteiger partial charge in [0.1, 0.15) is 0 Å². The predicted molar refractivity (Wildman–Crippen MR) is 411 cm³/mol. The minimum Gasteiger partial charge on any atom is -0.481 e. The van der Waals surface area contributed by atoms with Gasteiger partial charge in [0.25, 0.3) is 0 Å². The first-order valence-corrected chi connectivity index (χ1v) is 39.5. The van der Waals surface area contributed by atoms with E-state index in [2.05, 4.69) is 125 Å². The van der Waals surface area contributed by atoms with Crippen LogP contribution in [0.1, 0.15) is 336 Å². The van der Waals surface area contributed by atoms with Crippen molar-refractivity contribution in [2.45, 2.75) is 336 Å². The SMILES string of the molecule is CCCCC/C=C\C/C=C\CCCCCCCC(=O)O.CCCCC/C=C\C/C=C\CCCCCCCC(=O)OCC(CO)CO.CCCCC/C=C\C/C=C\CCCCCCCC(=O)OCC(CO)COC(=O)CCCCCCC/C=C\C/C=C\CCCCC.OCC(CO)CO. The molecular weight excluding hydrogens is 1230 g/mol. The summed E-state index contributed by atoms with van der Waals surface area (Å²) in [6, 6.07) is 0. The maximum absolute atomic E-state index is 12.1. The van der Waals surface area contributed by atoms with E-state index in [1.54, 1.807) is 0 Å². The highest BCUT2D eigenvalue weighted by Gasteiger charge is 2.15. The summed E-state index contributed by atoms with van der Waals surface area (Å²) < 4.78 is 15.7. The highest BCUT2D eigenvalue weighted by atomic mass is 16.5. The molecule has 98 heavy (non-hydrogen) atoms. The standard InChI is InChI=1S/C40H70O5.C22H40O4.C18H32O2.C4H10O3/c1-3-5-7-9-11-13-15-17-19-21-23-25-27-29-31-33-39(42)44-36-38(35-41)37-45-40(43)34-32-30-28-26-24-22-20-18-16-14-12-10-8-6-4-2;1-2-3-4-5-6-7-8-9-10-11-12-13-14-15-16-17-22(25)26-20-21(18-23)19-24;1-2-3-4-5-6-7-8-9-10-11-12-13-14-15-16-17-18(19)20;5-1-4(2-6)3-7/h11-14,17-20,38,41H,3-10,15-16,21-37H2,1-2H3;6-7,9-10,21,23-24H,2-5,8,11-20H2,1H3;6-7,9-10H,2-5,8,11-17H2,1H3,(H,19,20);4-7H,1-3H2/b13-11-,14-12-,19-17-,20-18-;2*7-6-,10-9-;. The second-order valence-corrected chi connectivity index (χ2v) is 26.1. The van der Waals surface area contributed by atoms with Crippen LogP contribution in [0.15, 0.2) is 97.2 Å². The van der Waals surface area contributed by atoms with Crippen LogP contribution in [0.25, 0.3) is 0 Å². The lowest BCUT2D eigenvalue weighted by Gasteiger charge is -2.15. The minimum absolute atomic E-state index is 0.0899. The Morgan fingerprint density at radius 2 is 0.439 bits per heavy atom. The molecule has 0 rings (SSSR count). The Labute approximate surface area is 600 Å². The van der Waals surface area contributed by atoms with Crippen LogP contribution >= 0.6 is 0 Å². The van der Waals surface area contributed by atoms with Crippen molar-refractivity contribution in [3.05, 3.63) is 97.2 Å². The summed E-state index contributed by atoms with van der Waals surface area (Å²) in [7, 11) is 0. The molecule has 0 saturated heterocycles. The number of hydrogen-bond acceptors (Lipinski definition) is 13. The van der Waals surface area contributed by atoms with Crippen molar-refractivity contribution in [3.8, 4) is 0 Å². The Kier molecular flexibility index (Phi) is 92.4. The number of carboxylic acid groups (broad SMARTS) is 1. The normalized spacial score (nSPS) is 11.8. The lowest BCUT2D eigenvalue weighted by atomic mass is 10.1. The number of esters is 3. The highest BCUT2D eigenvalue weighted by molar-refractivity contribution is 5.70. The maximum atomic E-state index is 12.1. The third-order valence-electron chi connectivity index (χ3n) is 16.3. The number of aliphatic hydroxyl groups is 6. The van der Waals surface area contributed by atoms with Crippen molar-refractivity contribution in [1.29, 1.82) is 0 Å². The smallest absolute Gasteiger partial charge is 0.305 e. The zero-order valence-electron chi connectivity index (χ0n) is 63.3. The highest BCUT2D eigenvalue weighted by Crippen LogP contribution is 2.14. The largest absolute Gasteiger partial charge is 0.481 e. The number of allylic oxidation sites excluding steroid dienone is 16. The van der Waals surface area contributed by atoms with E-state index in [1.807, 2.05) is 0 Å². The Bertz CT molecular complexity index is 1810. The average molecular weight is 1390 g/mol. The van der Waals surface area contributed by atoms with Gasteiger partial charge in [-0.2, -0.15) is 0 Å². The van der Waals surface area contributed by atoms with E-state index in [0.717, 1.165) is 122 Å². The summed E-state index contributed by atoms with van der Waals surface area (Å²) in [5, 5.41) is 60.5. The van der Waals surface area contributed by atoms with E-state index in [9.17, 15) is 24.3 Å². The fourth-order valence-electron chi connectivity index (χ4n) is 9.67. The number of carboxylic acids is 1. The van der Waals surface area contributed by atoms with E-state index in [0.29, 0.717) is 25.7 Å². The van der Waals surface area contributed by atoms with Gasteiger partial charge >= 0.3 is 23.9 Å². The molecule has 0 amide bonds. The van der Waals surface area contributed by atoms with Crippen molar-refractivity contribution < 1.29 is 69.1 Å². The van der Waals surface area contributed by atoms with Crippen molar-refractivity contribution in [3.63, 3.8) is 0 Å². The first kappa shape index (κ1) is 99.9. The van der Waals surface area contributed by atoms with E-state index < -0.39 is 5.97 Å². The van der Waals surface area contributed by atoms with Crippen LogP contribution in [0.2, 0.25) is 0 Å². The molecule has 0 radical (unpaired) electrons. The average Bonchev–Trinajstić information content (AvgIpc) is 3.19. The number of ether oxygens (including phenoxy) is 3. The predicted octanol–water partition coefficient (Wildman–Crippen LogP) is 20.7. The molecule has 0 aromatic carbocycles.